The molecule has 0 saturated carbocycles. The Hall–Kier alpha value is -1.37. The monoisotopic (exact) mass is 329 g/mol. The third kappa shape index (κ3) is 2.24. The van der Waals surface area contributed by atoms with Gasteiger partial charge in [0.2, 0.25) is 0 Å². The summed E-state index contributed by atoms with van der Waals surface area (Å²) >= 11 is 2.20. The molecular formula is C11H8INO3. The molecule has 2 aromatic rings. The molecule has 0 bridgehead atoms. The molecule has 0 fully saturated rings. The van der Waals surface area contributed by atoms with Crippen LogP contribution in [0.1, 0.15) is 0 Å². The normalized spacial score (nSPS) is 10.3. The largest absolute Gasteiger partial charge is 0.480 e. The van der Waals surface area contributed by atoms with Crippen LogP contribution in [0.3, 0.4) is 0 Å². The van der Waals surface area contributed by atoms with Crippen molar-refractivity contribution < 1.29 is 14.6 Å². The molecule has 82 valence electrons. The number of nitrogens with zero attached hydrogens (tertiary/aromatic N) is 1. The molecule has 0 saturated heterocycles. The van der Waals surface area contributed by atoms with Crippen LogP contribution < -0.4 is 4.74 Å². The SMILES string of the molecule is O=C(O)COc1ccc(I)c2cccnc12. The molecule has 0 unspecified atom stereocenters. The maximum Gasteiger partial charge on any atom is 0.341 e. The molecule has 0 spiro atoms. The van der Waals surface area contributed by atoms with E-state index in [1.54, 1.807) is 12.3 Å². The molecule has 0 aliphatic heterocycles. The van der Waals surface area contributed by atoms with Gasteiger partial charge in [0.25, 0.3) is 0 Å². The van der Waals surface area contributed by atoms with Gasteiger partial charge in [0, 0.05) is 15.2 Å². The predicted octanol–water partition coefficient (Wildman–Crippen LogP) is 2.30. The first-order valence-corrected chi connectivity index (χ1v) is 5.64. The lowest BCUT2D eigenvalue weighted by Gasteiger charge is -2.07. The third-order valence-corrected chi connectivity index (χ3v) is 2.97. The Labute approximate surface area is 105 Å². The number of carbonyl (C=O) groups is 1. The number of aliphatic carboxylic acids is 1. The molecule has 0 radical (unpaired) electrons. The lowest BCUT2D eigenvalue weighted by molar-refractivity contribution is -0.139. The van der Waals surface area contributed by atoms with Crippen LogP contribution in [0.15, 0.2) is 30.5 Å². The van der Waals surface area contributed by atoms with Gasteiger partial charge >= 0.3 is 5.97 Å². The fourth-order valence-corrected chi connectivity index (χ4v) is 1.98. The number of halogens is 1. The summed E-state index contributed by atoms with van der Waals surface area (Å²) in [7, 11) is 0. The highest BCUT2D eigenvalue weighted by Gasteiger charge is 2.07. The average molecular weight is 329 g/mol. The van der Waals surface area contributed by atoms with Crippen LogP contribution >= 0.6 is 22.6 Å². The summed E-state index contributed by atoms with van der Waals surface area (Å²) in [6, 6.07) is 7.38. The number of hydrogen-bond donors (Lipinski definition) is 1. The zero-order valence-corrected chi connectivity index (χ0v) is 10.3. The number of aromatic nitrogens is 1. The summed E-state index contributed by atoms with van der Waals surface area (Å²) in [5.41, 5.74) is 0.690. The van der Waals surface area contributed by atoms with E-state index in [2.05, 4.69) is 27.6 Å². The lowest BCUT2D eigenvalue weighted by Crippen LogP contribution is -2.09. The minimum Gasteiger partial charge on any atom is -0.480 e. The highest BCUT2D eigenvalue weighted by molar-refractivity contribution is 14.1. The Bertz CT molecular complexity index is 542. The number of carboxylic acids is 1. The van der Waals surface area contributed by atoms with Crippen LogP contribution in [0.4, 0.5) is 0 Å². The summed E-state index contributed by atoms with van der Waals surface area (Å²) in [5.74, 6) is -0.499. The molecule has 0 aliphatic rings. The second-order valence-electron chi connectivity index (χ2n) is 3.13. The summed E-state index contributed by atoms with van der Waals surface area (Å²) in [6.45, 7) is -0.355. The van der Waals surface area contributed by atoms with Crippen LogP contribution in [0.2, 0.25) is 0 Å². The maximum absolute atomic E-state index is 10.4. The van der Waals surface area contributed by atoms with Gasteiger partial charge in [-0.15, -0.1) is 0 Å². The van der Waals surface area contributed by atoms with E-state index in [9.17, 15) is 4.79 Å². The van der Waals surface area contributed by atoms with Gasteiger partial charge < -0.3 is 9.84 Å². The minimum atomic E-state index is -0.998. The van der Waals surface area contributed by atoms with E-state index in [4.69, 9.17) is 9.84 Å². The van der Waals surface area contributed by atoms with Crippen LogP contribution in [-0.2, 0) is 4.79 Å². The number of rotatable bonds is 3. The van der Waals surface area contributed by atoms with Crippen LogP contribution in [0.25, 0.3) is 10.9 Å². The number of pyridine rings is 1. The van der Waals surface area contributed by atoms with Gasteiger partial charge in [0.05, 0.1) is 0 Å². The van der Waals surface area contributed by atoms with Crippen molar-refractivity contribution in [1.29, 1.82) is 0 Å². The molecule has 1 heterocycles. The topological polar surface area (TPSA) is 59.4 Å². The third-order valence-electron chi connectivity index (χ3n) is 2.03. The molecule has 0 amide bonds. The van der Waals surface area contributed by atoms with E-state index in [0.717, 1.165) is 8.96 Å². The van der Waals surface area contributed by atoms with Gasteiger partial charge in [-0.05, 0) is 40.8 Å². The molecule has 1 aromatic heterocycles. The van der Waals surface area contributed by atoms with Crippen LogP contribution in [-0.4, -0.2) is 22.7 Å². The van der Waals surface area contributed by atoms with Crippen molar-refractivity contribution in [3.8, 4) is 5.75 Å². The van der Waals surface area contributed by atoms with E-state index in [-0.39, 0.29) is 6.61 Å². The predicted molar refractivity (Wildman–Crippen MR) is 67.6 cm³/mol. The van der Waals surface area contributed by atoms with Crippen molar-refractivity contribution in [2.45, 2.75) is 0 Å². The molecule has 4 nitrogen and oxygen atoms in total. The zero-order chi connectivity index (χ0) is 11.5. The van der Waals surface area contributed by atoms with E-state index >= 15 is 0 Å². The summed E-state index contributed by atoms with van der Waals surface area (Å²) in [4.78, 5) is 14.6. The Kier molecular flexibility index (Phi) is 3.23. The fourth-order valence-electron chi connectivity index (χ4n) is 1.37. The van der Waals surface area contributed by atoms with E-state index in [0.29, 0.717) is 11.3 Å². The molecule has 1 aromatic carbocycles. The van der Waals surface area contributed by atoms with Crippen molar-refractivity contribution in [2.75, 3.05) is 6.61 Å². The minimum absolute atomic E-state index is 0.355. The van der Waals surface area contributed by atoms with Crippen molar-refractivity contribution >= 4 is 39.5 Å². The summed E-state index contributed by atoms with van der Waals surface area (Å²) < 4.78 is 6.23. The van der Waals surface area contributed by atoms with Crippen molar-refractivity contribution in [3.63, 3.8) is 0 Å². The Morgan fingerprint density at radius 2 is 2.25 bits per heavy atom. The quantitative estimate of drug-likeness (QED) is 0.878. The second kappa shape index (κ2) is 4.65. The molecule has 1 N–H and O–H groups in total. The van der Waals surface area contributed by atoms with Crippen LogP contribution in [0, 0.1) is 3.57 Å². The fraction of sp³-hybridized carbons (Fsp3) is 0.0909. The molecular weight excluding hydrogens is 321 g/mol. The second-order valence-corrected chi connectivity index (χ2v) is 4.29. The molecule has 16 heavy (non-hydrogen) atoms. The van der Waals surface area contributed by atoms with E-state index in [1.807, 2.05) is 18.2 Å². The average Bonchev–Trinajstić information content (AvgIpc) is 2.28. The maximum atomic E-state index is 10.4. The number of benzene rings is 1. The van der Waals surface area contributed by atoms with Crippen molar-refractivity contribution in [2.24, 2.45) is 0 Å². The first-order valence-electron chi connectivity index (χ1n) is 4.56. The van der Waals surface area contributed by atoms with Gasteiger partial charge in [0.1, 0.15) is 11.3 Å². The van der Waals surface area contributed by atoms with Gasteiger partial charge in [-0.25, -0.2) is 4.79 Å². The van der Waals surface area contributed by atoms with Crippen molar-refractivity contribution in [3.05, 3.63) is 34.0 Å². The highest BCUT2D eigenvalue weighted by Crippen LogP contribution is 2.27. The number of hydrogen-bond acceptors (Lipinski definition) is 3. The molecule has 2 rings (SSSR count). The lowest BCUT2D eigenvalue weighted by atomic mass is 10.2. The van der Waals surface area contributed by atoms with Gasteiger partial charge in [-0.1, -0.05) is 6.07 Å². The van der Waals surface area contributed by atoms with Gasteiger partial charge in [0.15, 0.2) is 6.61 Å². The Morgan fingerprint density at radius 1 is 1.44 bits per heavy atom. The molecule has 0 atom stereocenters. The molecule has 5 heteroatoms. The molecule has 0 aliphatic carbocycles. The summed E-state index contributed by atoms with van der Waals surface area (Å²) in [5, 5.41) is 9.52. The number of ether oxygens (including phenoxy) is 1. The van der Waals surface area contributed by atoms with E-state index in [1.165, 1.54) is 0 Å². The Balaban J connectivity index is 2.46. The van der Waals surface area contributed by atoms with Crippen LogP contribution in [0.5, 0.6) is 5.75 Å². The van der Waals surface area contributed by atoms with Gasteiger partial charge in [-0.3, -0.25) is 4.98 Å². The smallest absolute Gasteiger partial charge is 0.341 e. The van der Waals surface area contributed by atoms with E-state index < -0.39 is 5.97 Å². The zero-order valence-electron chi connectivity index (χ0n) is 8.18. The Morgan fingerprint density at radius 3 is 3.00 bits per heavy atom. The highest BCUT2D eigenvalue weighted by atomic mass is 127. The van der Waals surface area contributed by atoms with Crippen molar-refractivity contribution in [1.82, 2.24) is 4.98 Å². The number of carboxylic acid groups (broad SMARTS) is 1. The first-order chi connectivity index (χ1) is 7.68. The summed E-state index contributed by atoms with van der Waals surface area (Å²) in [6.07, 6.45) is 1.66. The van der Waals surface area contributed by atoms with Gasteiger partial charge in [-0.2, -0.15) is 0 Å². The standard InChI is InChI=1S/C11H8INO3/c12-8-3-4-9(16-6-10(14)15)11-7(8)2-1-5-13-11/h1-5H,6H2,(H,14,15). The first kappa shape index (κ1) is 11.1. The number of fused-ring (bicyclic) bond motifs is 1.